The summed E-state index contributed by atoms with van der Waals surface area (Å²) in [7, 11) is -1.61. The molecule has 0 N–H and O–H groups in total. The molecule has 130 valence electrons. The van der Waals surface area contributed by atoms with Crippen LogP contribution in [0.4, 0.5) is 0 Å². The van der Waals surface area contributed by atoms with E-state index in [1.165, 1.54) is 0 Å². The second-order valence-corrected chi connectivity index (χ2v) is 9.76. The monoisotopic (exact) mass is 347 g/mol. The minimum Gasteiger partial charge on any atom is -0.317 e. The SMILES string of the molecule is Cc1ccc(C(C)(C)C)cc1S(=O)(=O)Cc1nnc(C2CC2)n1C. The van der Waals surface area contributed by atoms with Crippen molar-refractivity contribution in [1.29, 1.82) is 0 Å². The van der Waals surface area contributed by atoms with Crippen molar-refractivity contribution in [1.82, 2.24) is 14.8 Å². The van der Waals surface area contributed by atoms with E-state index < -0.39 is 9.84 Å². The first kappa shape index (κ1) is 17.1. The average Bonchev–Trinajstić information content (AvgIpc) is 3.24. The zero-order chi connectivity index (χ0) is 17.7. The van der Waals surface area contributed by atoms with E-state index in [9.17, 15) is 8.42 Å². The van der Waals surface area contributed by atoms with Crippen LogP contribution in [0.3, 0.4) is 0 Å². The summed E-state index contributed by atoms with van der Waals surface area (Å²) < 4.78 is 27.8. The summed E-state index contributed by atoms with van der Waals surface area (Å²) in [5.74, 6) is 1.75. The van der Waals surface area contributed by atoms with E-state index in [1.807, 2.05) is 36.7 Å². The molecule has 0 bridgehead atoms. The Bertz CT molecular complexity index is 872. The molecule has 0 saturated heterocycles. The average molecular weight is 347 g/mol. The third-order valence-corrected chi connectivity index (χ3v) is 6.40. The molecule has 0 amide bonds. The van der Waals surface area contributed by atoms with Gasteiger partial charge in [0.1, 0.15) is 17.4 Å². The Morgan fingerprint density at radius 3 is 2.46 bits per heavy atom. The molecule has 6 heteroatoms. The molecule has 1 fully saturated rings. The zero-order valence-electron chi connectivity index (χ0n) is 15.0. The molecule has 0 spiro atoms. The van der Waals surface area contributed by atoms with Crippen LogP contribution in [-0.4, -0.2) is 23.2 Å². The van der Waals surface area contributed by atoms with Crippen molar-refractivity contribution in [2.24, 2.45) is 7.05 Å². The van der Waals surface area contributed by atoms with Crippen LogP contribution < -0.4 is 0 Å². The van der Waals surface area contributed by atoms with Gasteiger partial charge in [0.25, 0.3) is 0 Å². The predicted molar refractivity (Wildman–Crippen MR) is 93.7 cm³/mol. The van der Waals surface area contributed by atoms with Gasteiger partial charge >= 0.3 is 0 Å². The summed E-state index contributed by atoms with van der Waals surface area (Å²) in [5, 5.41) is 8.31. The molecular weight excluding hydrogens is 322 g/mol. The van der Waals surface area contributed by atoms with Gasteiger partial charge in [-0.3, -0.25) is 0 Å². The Labute approximate surface area is 144 Å². The van der Waals surface area contributed by atoms with E-state index in [-0.39, 0.29) is 11.2 Å². The van der Waals surface area contributed by atoms with E-state index in [2.05, 4.69) is 31.0 Å². The molecule has 1 aromatic heterocycles. The molecule has 0 aliphatic heterocycles. The van der Waals surface area contributed by atoms with Gasteiger partial charge in [0, 0.05) is 13.0 Å². The second kappa shape index (κ2) is 5.69. The maximum Gasteiger partial charge on any atom is 0.185 e. The Kier molecular flexibility index (Phi) is 4.06. The second-order valence-electron chi connectivity index (χ2n) is 7.80. The highest BCUT2D eigenvalue weighted by atomic mass is 32.2. The molecule has 1 aliphatic carbocycles. The normalized spacial score (nSPS) is 15.7. The zero-order valence-corrected chi connectivity index (χ0v) is 15.8. The highest BCUT2D eigenvalue weighted by Crippen LogP contribution is 2.39. The number of hydrogen-bond acceptors (Lipinski definition) is 4. The van der Waals surface area contributed by atoms with Crippen molar-refractivity contribution < 1.29 is 8.42 Å². The van der Waals surface area contributed by atoms with E-state index in [0.29, 0.717) is 16.6 Å². The third kappa shape index (κ3) is 3.24. The van der Waals surface area contributed by atoms with Gasteiger partial charge in [-0.2, -0.15) is 0 Å². The summed E-state index contributed by atoms with van der Waals surface area (Å²) in [6.45, 7) is 8.08. The minimum absolute atomic E-state index is 0.0953. The molecule has 0 radical (unpaired) electrons. The Morgan fingerprint density at radius 2 is 1.88 bits per heavy atom. The maximum atomic E-state index is 13.0. The lowest BCUT2D eigenvalue weighted by Crippen LogP contribution is -2.15. The number of aryl methyl sites for hydroxylation is 1. The lowest BCUT2D eigenvalue weighted by molar-refractivity contribution is 0.581. The number of benzene rings is 1. The van der Waals surface area contributed by atoms with Crippen molar-refractivity contribution in [3.05, 3.63) is 41.0 Å². The van der Waals surface area contributed by atoms with E-state index in [1.54, 1.807) is 0 Å². The summed E-state index contributed by atoms with van der Waals surface area (Å²) in [6, 6.07) is 5.70. The summed E-state index contributed by atoms with van der Waals surface area (Å²) in [4.78, 5) is 0.394. The van der Waals surface area contributed by atoms with E-state index in [4.69, 9.17) is 0 Å². The Balaban J connectivity index is 1.96. The quantitative estimate of drug-likeness (QED) is 0.851. The summed E-state index contributed by atoms with van der Waals surface area (Å²) in [6.07, 6.45) is 2.23. The lowest BCUT2D eigenvalue weighted by Gasteiger charge is -2.20. The number of aromatic nitrogens is 3. The smallest absolute Gasteiger partial charge is 0.185 e. The van der Waals surface area contributed by atoms with Crippen molar-refractivity contribution in [3.8, 4) is 0 Å². The molecule has 1 saturated carbocycles. The van der Waals surface area contributed by atoms with Crippen molar-refractivity contribution in [2.45, 2.75) is 62.5 Å². The highest BCUT2D eigenvalue weighted by Gasteiger charge is 2.31. The standard InChI is InChI=1S/C18H25N3O2S/c1-12-6-9-14(18(2,3)4)10-15(12)24(22,23)11-16-19-20-17(21(16)5)13-7-8-13/h6,9-10,13H,7-8,11H2,1-5H3. The Morgan fingerprint density at radius 1 is 1.21 bits per heavy atom. The third-order valence-electron chi connectivity index (χ3n) is 4.65. The lowest BCUT2D eigenvalue weighted by atomic mass is 9.87. The van der Waals surface area contributed by atoms with Crippen LogP contribution in [0.1, 0.15) is 62.3 Å². The van der Waals surface area contributed by atoms with Gasteiger partial charge in [-0.15, -0.1) is 10.2 Å². The van der Waals surface area contributed by atoms with Crippen molar-refractivity contribution >= 4 is 9.84 Å². The molecule has 0 atom stereocenters. The first-order chi connectivity index (χ1) is 11.1. The maximum absolute atomic E-state index is 13.0. The van der Waals surface area contributed by atoms with Gasteiger partial charge in [0.2, 0.25) is 0 Å². The van der Waals surface area contributed by atoms with Crippen LogP contribution in [0.25, 0.3) is 0 Å². The molecule has 3 rings (SSSR count). The van der Waals surface area contributed by atoms with Gasteiger partial charge in [0.05, 0.1) is 4.90 Å². The van der Waals surface area contributed by atoms with E-state index in [0.717, 1.165) is 29.8 Å². The molecule has 1 heterocycles. The number of hydrogen-bond donors (Lipinski definition) is 0. The van der Waals surface area contributed by atoms with Gasteiger partial charge in [-0.25, -0.2) is 8.42 Å². The minimum atomic E-state index is -3.46. The van der Waals surface area contributed by atoms with Crippen LogP contribution in [-0.2, 0) is 28.1 Å². The fourth-order valence-electron chi connectivity index (χ4n) is 2.85. The molecule has 1 aromatic carbocycles. The van der Waals surface area contributed by atoms with Gasteiger partial charge in [-0.1, -0.05) is 32.9 Å². The molecule has 1 aliphatic rings. The van der Waals surface area contributed by atoms with E-state index >= 15 is 0 Å². The molecular formula is C18H25N3O2S. The van der Waals surface area contributed by atoms with Crippen LogP contribution in [0.5, 0.6) is 0 Å². The van der Waals surface area contributed by atoms with Crippen LogP contribution in [0.2, 0.25) is 0 Å². The number of sulfone groups is 1. The first-order valence-corrected chi connectivity index (χ1v) is 9.97. The van der Waals surface area contributed by atoms with Gasteiger partial charge in [0.15, 0.2) is 9.84 Å². The summed E-state index contributed by atoms with van der Waals surface area (Å²) in [5.41, 5.74) is 1.69. The van der Waals surface area contributed by atoms with Crippen LogP contribution in [0, 0.1) is 6.92 Å². The predicted octanol–water partition coefficient (Wildman–Crippen LogP) is 3.27. The first-order valence-electron chi connectivity index (χ1n) is 8.31. The summed E-state index contributed by atoms with van der Waals surface area (Å²) >= 11 is 0. The number of nitrogens with zero attached hydrogens (tertiary/aromatic N) is 3. The fraction of sp³-hybridized carbons (Fsp3) is 0.556. The molecule has 24 heavy (non-hydrogen) atoms. The number of rotatable bonds is 4. The largest absolute Gasteiger partial charge is 0.317 e. The van der Waals surface area contributed by atoms with Crippen molar-refractivity contribution in [2.75, 3.05) is 0 Å². The van der Waals surface area contributed by atoms with Crippen LogP contribution in [0.15, 0.2) is 23.1 Å². The topological polar surface area (TPSA) is 64.8 Å². The van der Waals surface area contributed by atoms with Crippen molar-refractivity contribution in [3.63, 3.8) is 0 Å². The van der Waals surface area contributed by atoms with Crippen LogP contribution >= 0.6 is 0 Å². The van der Waals surface area contributed by atoms with Gasteiger partial charge < -0.3 is 4.57 Å². The molecule has 2 aromatic rings. The highest BCUT2D eigenvalue weighted by molar-refractivity contribution is 7.90. The van der Waals surface area contributed by atoms with Gasteiger partial charge in [-0.05, 0) is 42.4 Å². The Hall–Kier alpha value is -1.69. The molecule has 0 unspecified atom stereocenters. The molecule has 5 nitrogen and oxygen atoms in total. The fourth-order valence-corrected chi connectivity index (χ4v) is 4.46.